The molecule has 1 aliphatic heterocycles. The minimum absolute atomic E-state index is 0.149. The van der Waals surface area contributed by atoms with Gasteiger partial charge in [-0.1, -0.05) is 6.07 Å². The molecule has 2 rings (SSSR count). The van der Waals surface area contributed by atoms with Gasteiger partial charge in [-0.3, -0.25) is 4.79 Å². The first-order chi connectivity index (χ1) is 8.74. The Kier molecular flexibility index (Phi) is 4.20. The molecule has 18 heavy (non-hydrogen) atoms. The Bertz CT molecular complexity index is 431. The number of carbonyl (C=O) groups excluding carboxylic acids is 1. The number of carbonyl (C=O) groups is 1. The van der Waals surface area contributed by atoms with Crippen LogP contribution in [0.2, 0.25) is 0 Å². The molecule has 1 aromatic carbocycles. The van der Waals surface area contributed by atoms with Crippen LogP contribution in [0.25, 0.3) is 0 Å². The maximum Gasteiger partial charge on any atom is 0.306 e. The number of rotatable bonds is 3. The lowest BCUT2D eigenvalue weighted by atomic mass is 9.90. The van der Waals surface area contributed by atoms with Crippen molar-refractivity contribution in [2.24, 2.45) is 0 Å². The summed E-state index contributed by atoms with van der Waals surface area (Å²) in [6.45, 7) is 1.74. The number of hydrogen-bond acceptors (Lipinski definition) is 4. The summed E-state index contributed by atoms with van der Waals surface area (Å²) in [5.74, 6) is 0.936. The Balaban J connectivity index is 2.26. The third-order valence-electron chi connectivity index (χ3n) is 3.42. The maximum absolute atomic E-state index is 11.5. The third kappa shape index (κ3) is 2.82. The molecule has 0 saturated carbocycles. The van der Waals surface area contributed by atoms with E-state index in [4.69, 9.17) is 9.47 Å². The lowest BCUT2D eigenvalue weighted by molar-refractivity contribution is -0.141. The van der Waals surface area contributed by atoms with E-state index in [0.29, 0.717) is 6.42 Å². The van der Waals surface area contributed by atoms with Crippen molar-refractivity contribution in [3.05, 3.63) is 29.3 Å². The summed E-state index contributed by atoms with van der Waals surface area (Å²) in [5.41, 5.74) is 2.44. The summed E-state index contributed by atoms with van der Waals surface area (Å²) in [6, 6.07) is 6.06. The second kappa shape index (κ2) is 5.87. The largest absolute Gasteiger partial charge is 0.497 e. The Labute approximate surface area is 107 Å². The fraction of sp³-hybridized carbons (Fsp3) is 0.500. The van der Waals surface area contributed by atoms with Gasteiger partial charge in [0.05, 0.1) is 20.6 Å². The van der Waals surface area contributed by atoms with E-state index in [2.05, 4.69) is 11.4 Å². The predicted octanol–water partition coefficient (Wildman–Crippen LogP) is 1.84. The molecule has 1 aromatic rings. The van der Waals surface area contributed by atoms with Crippen molar-refractivity contribution in [2.45, 2.75) is 25.3 Å². The van der Waals surface area contributed by atoms with Crippen LogP contribution in [0.1, 0.15) is 29.9 Å². The third-order valence-corrected chi connectivity index (χ3v) is 3.42. The molecule has 4 heteroatoms. The van der Waals surface area contributed by atoms with Crippen molar-refractivity contribution >= 4 is 5.97 Å². The van der Waals surface area contributed by atoms with Gasteiger partial charge >= 0.3 is 5.97 Å². The highest BCUT2D eigenvalue weighted by molar-refractivity contribution is 5.70. The van der Waals surface area contributed by atoms with Crippen LogP contribution >= 0.6 is 0 Å². The molecule has 0 aromatic heterocycles. The predicted molar refractivity (Wildman–Crippen MR) is 68.7 cm³/mol. The topological polar surface area (TPSA) is 47.6 Å². The van der Waals surface area contributed by atoms with Crippen LogP contribution in [0.5, 0.6) is 5.75 Å². The van der Waals surface area contributed by atoms with Gasteiger partial charge in [0.1, 0.15) is 5.75 Å². The van der Waals surface area contributed by atoms with E-state index in [1.54, 1.807) is 7.11 Å². The standard InChI is InChI=1S/C14H19NO3/c1-17-12-3-4-13-10(8-14(16)18-2)5-6-15-9-11(13)7-12/h3-4,7,10,15H,5-6,8-9H2,1-2H3. The molecule has 0 fully saturated rings. The molecule has 0 saturated heterocycles. The zero-order chi connectivity index (χ0) is 13.0. The van der Waals surface area contributed by atoms with Crippen molar-refractivity contribution in [3.8, 4) is 5.75 Å². The van der Waals surface area contributed by atoms with Gasteiger partial charge in [0.2, 0.25) is 0 Å². The lowest BCUT2D eigenvalue weighted by Gasteiger charge is -2.16. The van der Waals surface area contributed by atoms with Gasteiger partial charge in [0.25, 0.3) is 0 Å². The summed E-state index contributed by atoms with van der Waals surface area (Å²) in [4.78, 5) is 11.5. The lowest BCUT2D eigenvalue weighted by Crippen LogP contribution is -2.13. The van der Waals surface area contributed by atoms with Crippen molar-refractivity contribution < 1.29 is 14.3 Å². The monoisotopic (exact) mass is 249 g/mol. The van der Waals surface area contributed by atoms with Gasteiger partial charge in [-0.25, -0.2) is 0 Å². The Morgan fingerprint density at radius 3 is 3.00 bits per heavy atom. The van der Waals surface area contributed by atoms with Gasteiger partial charge in [0.15, 0.2) is 0 Å². The van der Waals surface area contributed by atoms with Gasteiger partial charge in [-0.2, -0.15) is 0 Å². The van der Waals surface area contributed by atoms with E-state index in [0.717, 1.165) is 25.3 Å². The fourth-order valence-corrected chi connectivity index (χ4v) is 2.41. The summed E-state index contributed by atoms with van der Waals surface area (Å²) < 4.78 is 10.0. The van der Waals surface area contributed by atoms with Crippen LogP contribution in [0.3, 0.4) is 0 Å². The highest BCUT2D eigenvalue weighted by atomic mass is 16.5. The summed E-state index contributed by atoms with van der Waals surface area (Å²) in [6.07, 6.45) is 1.39. The number of benzene rings is 1. The maximum atomic E-state index is 11.5. The van der Waals surface area contributed by atoms with Gasteiger partial charge in [-0.05, 0) is 42.1 Å². The average Bonchev–Trinajstić information content (AvgIpc) is 2.60. The average molecular weight is 249 g/mol. The van der Waals surface area contributed by atoms with E-state index in [9.17, 15) is 4.79 Å². The minimum atomic E-state index is -0.149. The molecule has 0 spiro atoms. The zero-order valence-electron chi connectivity index (χ0n) is 10.9. The van der Waals surface area contributed by atoms with Crippen LogP contribution in [0.15, 0.2) is 18.2 Å². The first kappa shape index (κ1) is 12.9. The Hall–Kier alpha value is -1.55. The van der Waals surface area contributed by atoms with Crippen molar-refractivity contribution in [1.82, 2.24) is 5.32 Å². The normalized spacial score (nSPS) is 18.7. The zero-order valence-corrected chi connectivity index (χ0v) is 10.9. The second-order valence-corrected chi connectivity index (χ2v) is 4.51. The molecule has 0 aliphatic carbocycles. The molecule has 1 heterocycles. The van der Waals surface area contributed by atoms with E-state index >= 15 is 0 Å². The molecular weight excluding hydrogens is 230 g/mol. The summed E-state index contributed by atoms with van der Waals surface area (Å²) >= 11 is 0. The van der Waals surface area contributed by atoms with E-state index in [1.165, 1.54) is 18.2 Å². The molecule has 4 nitrogen and oxygen atoms in total. The van der Waals surface area contributed by atoms with Crippen LogP contribution in [0.4, 0.5) is 0 Å². The number of hydrogen-bond donors (Lipinski definition) is 1. The SMILES string of the molecule is COC(=O)CC1CCNCc2cc(OC)ccc21. The smallest absolute Gasteiger partial charge is 0.306 e. The Morgan fingerprint density at radius 2 is 2.28 bits per heavy atom. The van der Waals surface area contributed by atoms with E-state index < -0.39 is 0 Å². The number of fused-ring (bicyclic) bond motifs is 1. The molecule has 1 atom stereocenters. The molecule has 0 amide bonds. The number of nitrogens with one attached hydrogen (secondary N) is 1. The fourth-order valence-electron chi connectivity index (χ4n) is 2.41. The summed E-state index contributed by atoms with van der Waals surface area (Å²) in [7, 11) is 3.10. The molecule has 1 aliphatic rings. The van der Waals surface area contributed by atoms with Crippen molar-refractivity contribution in [2.75, 3.05) is 20.8 Å². The van der Waals surface area contributed by atoms with Gasteiger partial charge < -0.3 is 14.8 Å². The molecular formula is C14H19NO3. The first-order valence-electron chi connectivity index (χ1n) is 6.19. The number of ether oxygens (including phenoxy) is 2. The Morgan fingerprint density at radius 1 is 1.44 bits per heavy atom. The highest BCUT2D eigenvalue weighted by Gasteiger charge is 2.21. The molecule has 0 bridgehead atoms. The van der Waals surface area contributed by atoms with Crippen molar-refractivity contribution in [3.63, 3.8) is 0 Å². The number of methoxy groups -OCH3 is 2. The van der Waals surface area contributed by atoms with Crippen LogP contribution in [0, 0.1) is 0 Å². The summed E-state index contributed by atoms with van der Waals surface area (Å²) in [5, 5.41) is 3.37. The minimum Gasteiger partial charge on any atom is -0.497 e. The first-order valence-corrected chi connectivity index (χ1v) is 6.19. The van der Waals surface area contributed by atoms with Crippen molar-refractivity contribution in [1.29, 1.82) is 0 Å². The molecule has 98 valence electrons. The van der Waals surface area contributed by atoms with Crippen LogP contribution in [-0.2, 0) is 16.1 Å². The quantitative estimate of drug-likeness (QED) is 0.830. The second-order valence-electron chi connectivity index (χ2n) is 4.51. The van der Waals surface area contributed by atoms with Crippen LogP contribution in [-0.4, -0.2) is 26.7 Å². The van der Waals surface area contributed by atoms with Gasteiger partial charge in [-0.15, -0.1) is 0 Å². The van der Waals surface area contributed by atoms with Gasteiger partial charge in [0, 0.05) is 6.54 Å². The van der Waals surface area contributed by atoms with E-state index in [-0.39, 0.29) is 11.9 Å². The molecule has 1 N–H and O–H groups in total. The van der Waals surface area contributed by atoms with Crippen LogP contribution < -0.4 is 10.1 Å². The van der Waals surface area contributed by atoms with E-state index in [1.807, 2.05) is 12.1 Å². The number of esters is 1. The molecule has 1 unspecified atom stereocenters. The highest BCUT2D eigenvalue weighted by Crippen LogP contribution is 2.31. The molecule has 0 radical (unpaired) electrons.